The van der Waals surface area contributed by atoms with Gasteiger partial charge in [0.25, 0.3) is 0 Å². The van der Waals surface area contributed by atoms with Gasteiger partial charge in [-0.25, -0.2) is 0 Å². The van der Waals surface area contributed by atoms with Crippen LogP contribution < -0.4 is 0 Å². The SMILES string of the molecule is CC/C=C(O)\C(OC1CCCC1)=C(/C)C=O. The van der Waals surface area contributed by atoms with Crippen molar-refractivity contribution in [3.05, 3.63) is 23.2 Å². The van der Waals surface area contributed by atoms with Gasteiger partial charge in [0.2, 0.25) is 0 Å². The first-order valence-corrected chi connectivity index (χ1v) is 5.91. The maximum atomic E-state index is 10.8. The number of rotatable bonds is 5. The molecule has 1 fully saturated rings. The zero-order chi connectivity index (χ0) is 12.0. The number of aliphatic hydroxyl groups is 1. The van der Waals surface area contributed by atoms with E-state index in [4.69, 9.17) is 4.74 Å². The molecule has 0 heterocycles. The molecule has 16 heavy (non-hydrogen) atoms. The number of carbonyl (C=O) groups is 1. The predicted octanol–water partition coefficient (Wildman–Crippen LogP) is 3.27. The van der Waals surface area contributed by atoms with Crippen LogP contribution in [0.15, 0.2) is 23.2 Å². The van der Waals surface area contributed by atoms with Crippen LogP contribution in [0.5, 0.6) is 0 Å². The summed E-state index contributed by atoms with van der Waals surface area (Å²) in [5.41, 5.74) is 0.453. The van der Waals surface area contributed by atoms with Crippen LogP contribution in [0.4, 0.5) is 0 Å². The summed E-state index contributed by atoms with van der Waals surface area (Å²) >= 11 is 0. The Bertz CT molecular complexity index is 296. The third-order valence-electron chi connectivity index (χ3n) is 2.75. The number of ether oxygens (including phenoxy) is 1. The number of aldehydes is 1. The van der Waals surface area contributed by atoms with Crippen molar-refractivity contribution in [1.29, 1.82) is 0 Å². The van der Waals surface area contributed by atoms with Crippen molar-refractivity contribution < 1.29 is 14.6 Å². The summed E-state index contributed by atoms with van der Waals surface area (Å²) in [4.78, 5) is 10.8. The Morgan fingerprint density at radius 1 is 1.44 bits per heavy atom. The molecule has 0 aromatic carbocycles. The van der Waals surface area contributed by atoms with E-state index in [1.165, 1.54) is 0 Å². The molecule has 0 radical (unpaired) electrons. The van der Waals surface area contributed by atoms with Crippen molar-refractivity contribution in [1.82, 2.24) is 0 Å². The molecule has 1 saturated carbocycles. The van der Waals surface area contributed by atoms with Crippen molar-refractivity contribution in [2.45, 2.75) is 52.1 Å². The van der Waals surface area contributed by atoms with Crippen LogP contribution in [0.2, 0.25) is 0 Å². The van der Waals surface area contributed by atoms with Gasteiger partial charge in [0.1, 0.15) is 6.29 Å². The Hall–Kier alpha value is -1.25. The molecule has 0 atom stereocenters. The third-order valence-corrected chi connectivity index (χ3v) is 2.75. The standard InChI is InChI=1S/C13H20O3/c1-3-6-12(15)13(10(2)9-14)16-11-7-4-5-8-11/h6,9,11,15H,3-5,7-8H2,1-2H3/b12-6+,13-10-. The van der Waals surface area contributed by atoms with E-state index in [2.05, 4.69) is 0 Å². The van der Waals surface area contributed by atoms with Gasteiger partial charge >= 0.3 is 0 Å². The maximum Gasteiger partial charge on any atom is 0.167 e. The van der Waals surface area contributed by atoms with Gasteiger partial charge in [-0.05, 0) is 45.1 Å². The van der Waals surface area contributed by atoms with E-state index in [1.54, 1.807) is 13.0 Å². The molecule has 0 spiro atoms. The van der Waals surface area contributed by atoms with Crippen molar-refractivity contribution in [3.8, 4) is 0 Å². The van der Waals surface area contributed by atoms with E-state index in [0.717, 1.165) is 38.4 Å². The summed E-state index contributed by atoms with van der Waals surface area (Å²) in [7, 11) is 0. The van der Waals surface area contributed by atoms with Crippen LogP contribution in [-0.2, 0) is 9.53 Å². The van der Waals surface area contributed by atoms with E-state index in [-0.39, 0.29) is 11.9 Å². The molecule has 0 aromatic rings. The third kappa shape index (κ3) is 3.40. The fourth-order valence-corrected chi connectivity index (χ4v) is 1.87. The molecule has 1 rings (SSSR count). The number of allylic oxidation sites excluding steroid dienone is 2. The van der Waals surface area contributed by atoms with E-state index in [1.807, 2.05) is 6.92 Å². The Morgan fingerprint density at radius 2 is 2.06 bits per heavy atom. The first-order chi connectivity index (χ1) is 7.69. The molecule has 3 nitrogen and oxygen atoms in total. The summed E-state index contributed by atoms with van der Waals surface area (Å²) in [5.74, 6) is 0.433. The lowest BCUT2D eigenvalue weighted by Crippen LogP contribution is -2.10. The zero-order valence-corrected chi connectivity index (χ0v) is 10.0. The van der Waals surface area contributed by atoms with Gasteiger partial charge in [0.05, 0.1) is 6.10 Å². The minimum Gasteiger partial charge on any atom is -0.504 e. The molecule has 90 valence electrons. The number of aliphatic hydroxyl groups excluding tert-OH is 1. The summed E-state index contributed by atoms with van der Waals surface area (Å²) in [6.07, 6.45) is 7.60. The van der Waals surface area contributed by atoms with Crippen molar-refractivity contribution in [2.24, 2.45) is 0 Å². The lowest BCUT2D eigenvalue weighted by molar-refractivity contribution is -0.105. The van der Waals surface area contributed by atoms with Gasteiger partial charge < -0.3 is 9.84 Å². The minimum atomic E-state index is 0.0824. The Morgan fingerprint density at radius 3 is 2.56 bits per heavy atom. The highest BCUT2D eigenvalue weighted by Gasteiger charge is 2.20. The molecule has 0 unspecified atom stereocenters. The summed E-state index contributed by atoms with van der Waals surface area (Å²) in [6.45, 7) is 3.59. The molecule has 1 aliphatic carbocycles. The summed E-state index contributed by atoms with van der Waals surface area (Å²) in [6, 6.07) is 0. The Kier molecular flexibility index (Phi) is 5.09. The second kappa shape index (κ2) is 6.36. The fraction of sp³-hybridized carbons (Fsp3) is 0.615. The van der Waals surface area contributed by atoms with Crippen molar-refractivity contribution in [2.75, 3.05) is 0 Å². The molecular weight excluding hydrogens is 204 g/mol. The first-order valence-electron chi connectivity index (χ1n) is 5.91. The summed E-state index contributed by atoms with van der Waals surface area (Å²) < 4.78 is 5.71. The van der Waals surface area contributed by atoms with E-state index >= 15 is 0 Å². The predicted molar refractivity (Wildman–Crippen MR) is 63.1 cm³/mol. The molecule has 0 bridgehead atoms. The molecule has 0 aromatic heterocycles. The van der Waals surface area contributed by atoms with E-state index in [0.29, 0.717) is 11.3 Å². The largest absolute Gasteiger partial charge is 0.504 e. The smallest absolute Gasteiger partial charge is 0.167 e. The Balaban J connectivity index is 2.79. The highest BCUT2D eigenvalue weighted by Crippen LogP contribution is 2.26. The lowest BCUT2D eigenvalue weighted by atomic mass is 10.2. The highest BCUT2D eigenvalue weighted by molar-refractivity contribution is 5.74. The average Bonchev–Trinajstić information content (AvgIpc) is 2.78. The first kappa shape index (κ1) is 12.8. The monoisotopic (exact) mass is 224 g/mol. The quantitative estimate of drug-likeness (QED) is 0.337. The van der Waals surface area contributed by atoms with Gasteiger partial charge in [0.15, 0.2) is 11.5 Å². The van der Waals surface area contributed by atoms with Crippen molar-refractivity contribution >= 4 is 6.29 Å². The van der Waals surface area contributed by atoms with Gasteiger partial charge in [-0.1, -0.05) is 6.92 Å². The number of hydrogen-bond donors (Lipinski definition) is 1. The van der Waals surface area contributed by atoms with Gasteiger partial charge in [-0.2, -0.15) is 0 Å². The normalized spacial score (nSPS) is 19.5. The van der Waals surface area contributed by atoms with Gasteiger partial charge in [-0.3, -0.25) is 4.79 Å². The highest BCUT2D eigenvalue weighted by atomic mass is 16.5. The second-order valence-electron chi connectivity index (χ2n) is 4.15. The molecule has 0 amide bonds. The van der Waals surface area contributed by atoms with Crippen LogP contribution in [0.25, 0.3) is 0 Å². The summed E-state index contributed by atoms with van der Waals surface area (Å²) in [5, 5.41) is 9.79. The van der Waals surface area contributed by atoms with Crippen LogP contribution in [0.3, 0.4) is 0 Å². The van der Waals surface area contributed by atoms with Crippen LogP contribution >= 0.6 is 0 Å². The number of carbonyl (C=O) groups excluding carboxylic acids is 1. The molecular formula is C13H20O3. The molecule has 0 saturated heterocycles. The number of hydrogen-bond acceptors (Lipinski definition) is 3. The van der Waals surface area contributed by atoms with Crippen LogP contribution in [0.1, 0.15) is 46.0 Å². The second-order valence-corrected chi connectivity index (χ2v) is 4.15. The molecule has 3 heteroatoms. The minimum absolute atomic E-state index is 0.0824. The fourth-order valence-electron chi connectivity index (χ4n) is 1.87. The van der Waals surface area contributed by atoms with E-state index < -0.39 is 0 Å². The maximum absolute atomic E-state index is 10.8. The zero-order valence-electron chi connectivity index (χ0n) is 10.0. The van der Waals surface area contributed by atoms with Crippen LogP contribution in [0, 0.1) is 0 Å². The molecule has 1 N–H and O–H groups in total. The molecule has 0 aliphatic heterocycles. The van der Waals surface area contributed by atoms with Gasteiger partial charge in [-0.15, -0.1) is 0 Å². The molecule has 1 aliphatic rings. The Labute approximate surface area is 96.8 Å². The van der Waals surface area contributed by atoms with Crippen LogP contribution in [-0.4, -0.2) is 17.5 Å². The van der Waals surface area contributed by atoms with E-state index in [9.17, 15) is 9.90 Å². The lowest BCUT2D eigenvalue weighted by Gasteiger charge is -2.16. The topological polar surface area (TPSA) is 46.5 Å². The van der Waals surface area contributed by atoms with Gasteiger partial charge in [0, 0.05) is 5.57 Å². The average molecular weight is 224 g/mol. The van der Waals surface area contributed by atoms with Crippen molar-refractivity contribution in [3.63, 3.8) is 0 Å².